The standard InChI is InChI=1S/C31H43N5O7/c1-8-43-35-14(2)17-10-16(12-34-13-30(3,4)5)24(37)21-18(17)9-15-11-19-23(36(6)7)26(39)22(29(33)41)27(32)31(19,42)28(40)20(15)25(21)38/h10,15,19,23,32,34,37,39-40,42H,8-9,11-13H2,1-7H3,(H2,33,41)/b32-27?,35-14+/t15-,19-,23-,31+/m0/s1. The number of likely N-dealkylation sites (N-methyl/N-ethyl adjacent to an activating group) is 1. The monoisotopic (exact) mass is 597 g/mol. The van der Waals surface area contributed by atoms with Gasteiger partial charge < -0.3 is 41.7 Å². The van der Waals surface area contributed by atoms with Crippen LogP contribution in [0.15, 0.2) is 33.9 Å². The number of phenolic OH excluding ortho intramolecular Hbond substituents is 1. The number of rotatable bonds is 8. The van der Waals surface area contributed by atoms with Crippen LogP contribution < -0.4 is 11.1 Å². The maximum Gasteiger partial charge on any atom is 0.254 e. The van der Waals surface area contributed by atoms with E-state index in [4.69, 9.17) is 16.0 Å². The fourth-order valence-corrected chi connectivity index (χ4v) is 6.67. The van der Waals surface area contributed by atoms with E-state index in [9.17, 15) is 30.0 Å². The Hall–Kier alpha value is -3.74. The van der Waals surface area contributed by atoms with Gasteiger partial charge in [-0.05, 0) is 63.7 Å². The van der Waals surface area contributed by atoms with Crippen LogP contribution in [0.5, 0.6) is 5.75 Å². The second-order valence-electron chi connectivity index (χ2n) is 13.1. The number of Topliss-reactive ketones (excluding diaryl/α,β-unsaturated/α-hetero) is 1. The van der Waals surface area contributed by atoms with Crippen molar-refractivity contribution < 1.29 is 34.9 Å². The number of nitrogens with one attached hydrogen (secondary N) is 2. The Morgan fingerprint density at radius 3 is 2.49 bits per heavy atom. The highest BCUT2D eigenvalue weighted by atomic mass is 16.6. The molecule has 0 unspecified atom stereocenters. The van der Waals surface area contributed by atoms with Gasteiger partial charge in [0.2, 0.25) is 0 Å². The molecule has 0 bridgehead atoms. The molecule has 8 N–H and O–H groups in total. The number of carbonyl (C=O) groups is 2. The summed E-state index contributed by atoms with van der Waals surface area (Å²) in [6.45, 7) is 11.0. The average molecular weight is 598 g/mol. The Balaban J connectivity index is 1.93. The first kappa shape index (κ1) is 32.2. The van der Waals surface area contributed by atoms with Crippen LogP contribution in [0, 0.1) is 22.7 Å². The molecule has 4 rings (SSSR count). The summed E-state index contributed by atoms with van der Waals surface area (Å²) in [5.41, 5.74) is 3.54. The number of aromatic hydroxyl groups is 1. The minimum Gasteiger partial charge on any atom is -0.510 e. The number of hydrogen-bond acceptors (Lipinski definition) is 11. The number of phenols is 1. The van der Waals surface area contributed by atoms with Crippen LogP contribution in [0.3, 0.4) is 0 Å². The first-order valence-corrected chi connectivity index (χ1v) is 14.4. The minimum atomic E-state index is -2.47. The van der Waals surface area contributed by atoms with Crippen molar-refractivity contribution in [3.8, 4) is 5.75 Å². The van der Waals surface area contributed by atoms with Gasteiger partial charge in [-0.15, -0.1) is 0 Å². The lowest BCUT2D eigenvalue weighted by atomic mass is 9.58. The number of primary amides is 1. The van der Waals surface area contributed by atoms with E-state index in [1.807, 2.05) is 0 Å². The molecule has 3 aliphatic rings. The van der Waals surface area contributed by atoms with E-state index in [1.165, 1.54) is 0 Å². The number of oxime groups is 1. The molecule has 0 heterocycles. The number of aliphatic hydroxyl groups is 3. The summed E-state index contributed by atoms with van der Waals surface area (Å²) in [7, 11) is 3.26. The second-order valence-corrected chi connectivity index (χ2v) is 13.1. The Kier molecular flexibility index (Phi) is 8.53. The van der Waals surface area contributed by atoms with Gasteiger partial charge in [0.05, 0.1) is 23.0 Å². The summed E-state index contributed by atoms with van der Waals surface area (Å²) >= 11 is 0. The number of fused-ring (bicyclic) bond motifs is 3. The van der Waals surface area contributed by atoms with Gasteiger partial charge in [0.1, 0.15) is 29.4 Å². The van der Waals surface area contributed by atoms with Crippen LogP contribution in [0.25, 0.3) is 0 Å². The number of amides is 1. The molecule has 1 aromatic carbocycles. The predicted octanol–water partition coefficient (Wildman–Crippen LogP) is 2.47. The molecule has 4 atom stereocenters. The van der Waals surface area contributed by atoms with Crippen molar-refractivity contribution in [3.05, 3.63) is 51.0 Å². The lowest BCUT2D eigenvalue weighted by Gasteiger charge is -2.51. The summed E-state index contributed by atoms with van der Waals surface area (Å²) in [4.78, 5) is 33.4. The molecular formula is C31H43N5O7. The van der Waals surface area contributed by atoms with E-state index in [-0.39, 0.29) is 41.7 Å². The SMILES string of the molecule is CCO/N=C(\C)c1cc(CNCC(C)(C)C)c(O)c2c1C[C@H]1C[C@H]3[C@H](N(C)C)C(O)=C(C(N)=O)C(=N)[C@@]3(O)C(O)=C1C2=O. The normalized spacial score (nSPS) is 26.0. The fraction of sp³-hybridized carbons (Fsp3) is 0.548. The molecule has 0 aliphatic heterocycles. The van der Waals surface area contributed by atoms with Crippen LogP contribution in [0.4, 0.5) is 0 Å². The highest BCUT2D eigenvalue weighted by molar-refractivity contribution is 6.26. The van der Waals surface area contributed by atoms with Gasteiger partial charge in [-0.25, -0.2) is 0 Å². The average Bonchev–Trinajstić information content (AvgIpc) is 2.89. The van der Waals surface area contributed by atoms with E-state index in [1.54, 1.807) is 38.9 Å². The van der Waals surface area contributed by atoms with Gasteiger partial charge in [-0.2, -0.15) is 0 Å². The van der Waals surface area contributed by atoms with E-state index in [0.29, 0.717) is 35.6 Å². The van der Waals surface area contributed by atoms with Crippen LogP contribution in [0.2, 0.25) is 0 Å². The van der Waals surface area contributed by atoms with E-state index in [2.05, 4.69) is 31.2 Å². The number of aliphatic hydroxyl groups excluding tert-OH is 2. The molecule has 0 spiro atoms. The van der Waals surface area contributed by atoms with Crippen LogP contribution in [-0.4, -0.2) is 87.3 Å². The van der Waals surface area contributed by atoms with Crippen molar-refractivity contribution in [1.29, 1.82) is 5.41 Å². The lowest BCUT2D eigenvalue weighted by molar-refractivity contribution is -0.114. The van der Waals surface area contributed by atoms with Gasteiger partial charge in [0.25, 0.3) is 5.91 Å². The summed E-state index contributed by atoms with van der Waals surface area (Å²) in [6, 6.07) is 0.808. The summed E-state index contributed by atoms with van der Waals surface area (Å²) in [5, 5.41) is 62.3. The molecule has 0 saturated heterocycles. The van der Waals surface area contributed by atoms with Crippen molar-refractivity contribution >= 4 is 23.1 Å². The molecule has 1 aromatic rings. The molecule has 0 aromatic heterocycles. The maximum atomic E-state index is 14.3. The number of nitrogens with two attached hydrogens (primary N) is 1. The number of allylic oxidation sites excluding steroid dienone is 1. The van der Waals surface area contributed by atoms with Gasteiger partial charge in [0, 0.05) is 35.7 Å². The van der Waals surface area contributed by atoms with Gasteiger partial charge in [-0.3, -0.25) is 14.5 Å². The Labute approximate surface area is 251 Å². The predicted molar refractivity (Wildman–Crippen MR) is 161 cm³/mol. The zero-order chi connectivity index (χ0) is 32.2. The molecule has 43 heavy (non-hydrogen) atoms. The van der Waals surface area contributed by atoms with Gasteiger partial charge in [-0.1, -0.05) is 25.9 Å². The van der Waals surface area contributed by atoms with Gasteiger partial charge >= 0.3 is 0 Å². The number of ketones is 1. The van der Waals surface area contributed by atoms with Crippen molar-refractivity contribution in [1.82, 2.24) is 10.2 Å². The first-order valence-electron chi connectivity index (χ1n) is 14.4. The molecular weight excluding hydrogens is 554 g/mol. The zero-order valence-electron chi connectivity index (χ0n) is 25.8. The van der Waals surface area contributed by atoms with Crippen molar-refractivity contribution in [3.63, 3.8) is 0 Å². The molecule has 0 radical (unpaired) electrons. The summed E-state index contributed by atoms with van der Waals surface area (Å²) in [5.74, 6) is -4.94. The quantitative estimate of drug-likeness (QED) is 0.174. The Morgan fingerprint density at radius 2 is 1.93 bits per heavy atom. The van der Waals surface area contributed by atoms with Crippen molar-refractivity contribution in [2.75, 3.05) is 27.2 Å². The molecule has 0 saturated carbocycles. The zero-order valence-corrected chi connectivity index (χ0v) is 25.8. The van der Waals surface area contributed by atoms with Crippen LogP contribution >= 0.6 is 0 Å². The Morgan fingerprint density at radius 1 is 1.28 bits per heavy atom. The second kappa shape index (κ2) is 11.4. The van der Waals surface area contributed by atoms with Crippen LogP contribution in [-0.2, 0) is 22.6 Å². The van der Waals surface area contributed by atoms with E-state index >= 15 is 0 Å². The number of nitrogens with zero attached hydrogens (tertiary/aromatic N) is 2. The third-order valence-electron chi connectivity index (χ3n) is 8.55. The third-order valence-corrected chi connectivity index (χ3v) is 8.55. The number of benzene rings is 1. The first-order chi connectivity index (χ1) is 20.0. The summed E-state index contributed by atoms with van der Waals surface area (Å²) in [6.07, 6.45) is 0.282. The molecule has 3 aliphatic carbocycles. The third kappa shape index (κ3) is 5.32. The lowest BCUT2D eigenvalue weighted by Crippen LogP contribution is -2.63. The number of hydrogen-bond donors (Lipinski definition) is 7. The maximum absolute atomic E-state index is 14.3. The summed E-state index contributed by atoms with van der Waals surface area (Å²) < 4.78 is 0. The Bertz CT molecular complexity index is 1470. The molecule has 234 valence electrons. The van der Waals surface area contributed by atoms with E-state index < -0.39 is 58.0 Å². The van der Waals surface area contributed by atoms with E-state index in [0.717, 1.165) is 0 Å². The minimum absolute atomic E-state index is 0.0176. The van der Waals surface area contributed by atoms with Crippen molar-refractivity contribution in [2.45, 2.75) is 65.6 Å². The molecule has 0 fully saturated rings. The number of carbonyl (C=O) groups excluding carboxylic acids is 2. The topological polar surface area (TPSA) is 202 Å². The smallest absolute Gasteiger partial charge is 0.254 e. The molecule has 12 nitrogen and oxygen atoms in total. The van der Waals surface area contributed by atoms with Crippen molar-refractivity contribution in [2.24, 2.45) is 28.1 Å². The molecule has 12 heteroatoms. The largest absolute Gasteiger partial charge is 0.510 e. The van der Waals surface area contributed by atoms with Gasteiger partial charge in [0.15, 0.2) is 11.4 Å². The highest BCUT2D eigenvalue weighted by Crippen LogP contribution is 2.53. The fourth-order valence-electron chi connectivity index (χ4n) is 6.67. The molecule has 1 amide bonds. The highest BCUT2D eigenvalue weighted by Gasteiger charge is 2.61. The van der Waals surface area contributed by atoms with Crippen LogP contribution in [0.1, 0.15) is 68.1 Å².